The Labute approximate surface area is 116 Å². The van der Waals surface area contributed by atoms with Gasteiger partial charge >= 0.3 is 0 Å². The summed E-state index contributed by atoms with van der Waals surface area (Å²) in [5, 5.41) is 1.82. The van der Waals surface area contributed by atoms with E-state index in [4.69, 9.17) is 17.3 Å². The summed E-state index contributed by atoms with van der Waals surface area (Å²) < 4.78 is 0. The number of halogens is 1. The van der Waals surface area contributed by atoms with Gasteiger partial charge < -0.3 is 5.73 Å². The van der Waals surface area contributed by atoms with E-state index in [-0.39, 0.29) is 0 Å². The third-order valence-corrected chi connectivity index (χ3v) is 3.50. The highest BCUT2D eigenvalue weighted by Crippen LogP contribution is 2.29. The molecule has 0 saturated heterocycles. The van der Waals surface area contributed by atoms with Gasteiger partial charge in [-0.3, -0.25) is 4.98 Å². The number of nitrogens with two attached hydrogens (primary N) is 1. The van der Waals surface area contributed by atoms with Gasteiger partial charge in [-0.15, -0.1) is 0 Å². The van der Waals surface area contributed by atoms with Crippen molar-refractivity contribution in [2.24, 2.45) is 5.73 Å². The van der Waals surface area contributed by atoms with Crippen LogP contribution in [0.4, 0.5) is 0 Å². The van der Waals surface area contributed by atoms with Crippen molar-refractivity contribution in [3.63, 3.8) is 0 Å². The van der Waals surface area contributed by atoms with Crippen molar-refractivity contribution in [3.05, 3.63) is 65.3 Å². The zero-order valence-corrected chi connectivity index (χ0v) is 11.1. The van der Waals surface area contributed by atoms with E-state index in [9.17, 15) is 0 Å². The molecule has 19 heavy (non-hydrogen) atoms. The lowest BCUT2D eigenvalue weighted by atomic mass is 10.0. The molecule has 0 aliphatic rings. The number of benzene rings is 2. The lowest BCUT2D eigenvalue weighted by molar-refractivity contribution is 1.07. The number of pyridine rings is 1. The van der Waals surface area contributed by atoms with Gasteiger partial charge in [0.15, 0.2) is 0 Å². The van der Waals surface area contributed by atoms with Gasteiger partial charge in [-0.05, 0) is 29.8 Å². The maximum Gasteiger partial charge on any atom is 0.0702 e. The molecule has 0 saturated carbocycles. The molecule has 1 aromatic heterocycles. The minimum absolute atomic E-state index is 0.534. The molecule has 2 nitrogen and oxygen atoms in total. The highest BCUT2D eigenvalue weighted by atomic mass is 35.5. The van der Waals surface area contributed by atoms with Crippen LogP contribution in [0, 0.1) is 0 Å². The maximum atomic E-state index is 6.22. The molecule has 0 spiro atoms. The summed E-state index contributed by atoms with van der Waals surface area (Å²) in [5.41, 5.74) is 9.76. The van der Waals surface area contributed by atoms with E-state index in [1.54, 1.807) is 0 Å². The van der Waals surface area contributed by atoms with Crippen molar-refractivity contribution >= 4 is 22.5 Å². The van der Waals surface area contributed by atoms with Crippen molar-refractivity contribution in [3.8, 4) is 11.1 Å². The Morgan fingerprint density at radius 3 is 2.68 bits per heavy atom. The number of fused-ring (bicyclic) bond motifs is 1. The van der Waals surface area contributed by atoms with E-state index in [2.05, 4.69) is 17.1 Å². The van der Waals surface area contributed by atoms with Crippen LogP contribution in [0.15, 0.2) is 54.7 Å². The highest BCUT2D eigenvalue weighted by molar-refractivity contribution is 6.33. The lowest BCUT2D eigenvalue weighted by Gasteiger charge is -2.06. The summed E-state index contributed by atoms with van der Waals surface area (Å²) in [6, 6.07) is 16.0. The van der Waals surface area contributed by atoms with Gasteiger partial charge in [0.05, 0.1) is 5.52 Å². The Balaban J connectivity index is 2.18. The molecule has 94 valence electrons. The number of aromatic nitrogens is 1. The van der Waals surface area contributed by atoms with Gasteiger partial charge in [0.2, 0.25) is 0 Å². The molecule has 1 heterocycles. The highest BCUT2D eigenvalue weighted by Gasteiger charge is 2.04. The van der Waals surface area contributed by atoms with Crippen LogP contribution in [0.1, 0.15) is 5.56 Å². The molecule has 0 fully saturated rings. The minimum Gasteiger partial charge on any atom is -0.326 e. The second-order valence-corrected chi connectivity index (χ2v) is 4.84. The predicted octanol–water partition coefficient (Wildman–Crippen LogP) is 4.01. The number of hydrogen-bond donors (Lipinski definition) is 1. The van der Waals surface area contributed by atoms with Gasteiger partial charge in [-0.2, -0.15) is 0 Å². The Hall–Kier alpha value is -1.90. The summed E-state index contributed by atoms with van der Waals surface area (Å²) >= 11 is 6.22. The van der Waals surface area contributed by atoms with Crippen LogP contribution in [0.2, 0.25) is 5.02 Å². The quantitative estimate of drug-likeness (QED) is 0.763. The number of nitrogens with zero attached hydrogens (tertiary/aromatic N) is 1. The SMILES string of the molecule is NCc1ccc2ncc(-c3ccccc3Cl)cc2c1. The number of rotatable bonds is 2. The summed E-state index contributed by atoms with van der Waals surface area (Å²) in [6.45, 7) is 0.534. The standard InChI is InChI=1S/C16H13ClN2/c17-15-4-2-1-3-14(15)13-8-12-7-11(9-18)5-6-16(12)19-10-13/h1-8,10H,9,18H2. The average molecular weight is 269 g/mol. The molecule has 0 amide bonds. The first-order chi connectivity index (χ1) is 9.28. The summed E-state index contributed by atoms with van der Waals surface area (Å²) in [5.74, 6) is 0. The molecule has 3 aromatic rings. The minimum atomic E-state index is 0.534. The van der Waals surface area contributed by atoms with E-state index in [0.29, 0.717) is 6.54 Å². The van der Waals surface area contributed by atoms with Gasteiger partial charge in [-0.1, -0.05) is 35.9 Å². The molecule has 3 heteroatoms. The average Bonchev–Trinajstić information content (AvgIpc) is 2.46. The fraction of sp³-hybridized carbons (Fsp3) is 0.0625. The maximum absolute atomic E-state index is 6.22. The summed E-state index contributed by atoms with van der Waals surface area (Å²) in [6.07, 6.45) is 1.85. The largest absolute Gasteiger partial charge is 0.326 e. The van der Waals surface area contributed by atoms with E-state index < -0.39 is 0 Å². The van der Waals surface area contributed by atoms with Crippen LogP contribution < -0.4 is 5.73 Å². The molecule has 2 N–H and O–H groups in total. The summed E-state index contributed by atoms with van der Waals surface area (Å²) in [7, 11) is 0. The molecule has 0 radical (unpaired) electrons. The lowest BCUT2D eigenvalue weighted by Crippen LogP contribution is -1.95. The third-order valence-electron chi connectivity index (χ3n) is 3.17. The topological polar surface area (TPSA) is 38.9 Å². The first kappa shape index (κ1) is 12.2. The molecule has 0 bridgehead atoms. The molecule has 2 aromatic carbocycles. The molecular weight excluding hydrogens is 256 g/mol. The molecule has 0 atom stereocenters. The molecule has 0 unspecified atom stereocenters. The number of hydrogen-bond acceptors (Lipinski definition) is 2. The molecular formula is C16H13ClN2. The van der Waals surface area contributed by atoms with E-state index in [1.165, 1.54) is 0 Å². The van der Waals surface area contributed by atoms with Gasteiger partial charge in [0, 0.05) is 34.3 Å². The summed E-state index contributed by atoms with van der Waals surface area (Å²) in [4.78, 5) is 4.47. The smallest absolute Gasteiger partial charge is 0.0702 e. The zero-order chi connectivity index (χ0) is 13.2. The van der Waals surface area contributed by atoms with Crippen molar-refractivity contribution < 1.29 is 0 Å². The fourth-order valence-corrected chi connectivity index (χ4v) is 2.40. The Kier molecular flexibility index (Phi) is 3.20. The normalized spacial score (nSPS) is 10.8. The monoisotopic (exact) mass is 268 g/mol. The predicted molar refractivity (Wildman–Crippen MR) is 80.1 cm³/mol. The second kappa shape index (κ2) is 5.00. The molecule has 0 aliphatic carbocycles. The van der Waals surface area contributed by atoms with Crippen LogP contribution in [-0.2, 0) is 6.54 Å². The van der Waals surface area contributed by atoms with E-state index in [1.807, 2.05) is 42.6 Å². The zero-order valence-electron chi connectivity index (χ0n) is 10.3. The van der Waals surface area contributed by atoms with Crippen molar-refractivity contribution in [1.29, 1.82) is 0 Å². The Morgan fingerprint density at radius 2 is 1.89 bits per heavy atom. The molecule has 3 rings (SSSR count). The van der Waals surface area contributed by atoms with Crippen molar-refractivity contribution in [1.82, 2.24) is 4.98 Å². The first-order valence-corrected chi connectivity index (χ1v) is 6.49. The molecule has 0 aliphatic heterocycles. The third kappa shape index (κ3) is 2.33. The van der Waals surface area contributed by atoms with Gasteiger partial charge in [0.25, 0.3) is 0 Å². The van der Waals surface area contributed by atoms with Crippen molar-refractivity contribution in [2.75, 3.05) is 0 Å². The Morgan fingerprint density at radius 1 is 1.05 bits per heavy atom. The first-order valence-electron chi connectivity index (χ1n) is 6.11. The Bertz CT molecular complexity index is 738. The second-order valence-electron chi connectivity index (χ2n) is 4.44. The van der Waals surface area contributed by atoms with Crippen LogP contribution >= 0.6 is 11.6 Å². The fourth-order valence-electron chi connectivity index (χ4n) is 2.15. The van der Waals surface area contributed by atoms with E-state index >= 15 is 0 Å². The van der Waals surface area contributed by atoms with Gasteiger partial charge in [-0.25, -0.2) is 0 Å². The van der Waals surface area contributed by atoms with E-state index in [0.717, 1.165) is 32.6 Å². The van der Waals surface area contributed by atoms with Crippen LogP contribution in [0.25, 0.3) is 22.0 Å². The van der Waals surface area contributed by atoms with Crippen LogP contribution in [0.5, 0.6) is 0 Å². The van der Waals surface area contributed by atoms with Crippen molar-refractivity contribution in [2.45, 2.75) is 6.54 Å². The van der Waals surface area contributed by atoms with Gasteiger partial charge in [0.1, 0.15) is 0 Å². The van der Waals surface area contributed by atoms with Crippen LogP contribution in [-0.4, -0.2) is 4.98 Å². The van der Waals surface area contributed by atoms with Crippen LogP contribution in [0.3, 0.4) is 0 Å².